The summed E-state index contributed by atoms with van der Waals surface area (Å²) in [5.74, 6) is 1.41. The Bertz CT molecular complexity index is 1220. The number of amides is 1. The average Bonchev–Trinajstić information content (AvgIpc) is 3.44. The van der Waals surface area contributed by atoms with Crippen molar-refractivity contribution < 1.29 is 18.7 Å². The Kier molecular flexibility index (Phi) is 4.98. The van der Waals surface area contributed by atoms with Crippen LogP contribution in [0.5, 0.6) is 0 Å². The van der Waals surface area contributed by atoms with Gasteiger partial charge in [-0.15, -0.1) is 0 Å². The van der Waals surface area contributed by atoms with Crippen molar-refractivity contribution in [3.8, 4) is 0 Å². The van der Waals surface area contributed by atoms with Gasteiger partial charge in [0, 0.05) is 48.3 Å². The number of aromatic amines is 1. The molecule has 0 saturated heterocycles. The van der Waals surface area contributed by atoms with Gasteiger partial charge in [-0.2, -0.15) is 5.10 Å². The van der Waals surface area contributed by atoms with E-state index in [-0.39, 0.29) is 5.54 Å². The second kappa shape index (κ2) is 7.93. The van der Waals surface area contributed by atoms with Gasteiger partial charge in [-0.05, 0) is 44.9 Å². The molecule has 4 aliphatic carbocycles. The van der Waals surface area contributed by atoms with Crippen molar-refractivity contribution in [1.29, 1.82) is 0 Å². The lowest BCUT2D eigenvalue weighted by Gasteiger charge is -2.61. The number of nitrogens with zero attached hydrogens (tertiary/aromatic N) is 4. The molecule has 34 heavy (non-hydrogen) atoms. The molecule has 4 aliphatic rings. The number of aromatic nitrogens is 5. The van der Waals surface area contributed by atoms with Crippen molar-refractivity contribution in [2.75, 3.05) is 12.4 Å². The highest BCUT2D eigenvalue weighted by molar-refractivity contribution is 5.69. The van der Waals surface area contributed by atoms with Gasteiger partial charge in [0.2, 0.25) is 5.95 Å². The van der Waals surface area contributed by atoms with Crippen LogP contribution < -0.4 is 10.6 Å². The van der Waals surface area contributed by atoms with Gasteiger partial charge in [-0.3, -0.25) is 9.50 Å². The van der Waals surface area contributed by atoms with Crippen molar-refractivity contribution in [3.05, 3.63) is 35.4 Å². The highest BCUT2D eigenvalue weighted by Gasteiger charge is 2.58. The van der Waals surface area contributed by atoms with Crippen LogP contribution in [-0.2, 0) is 16.1 Å². The molecule has 10 nitrogen and oxygen atoms in total. The number of H-pyrrole nitrogens is 1. The van der Waals surface area contributed by atoms with Crippen LogP contribution in [0.4, 0.5) is 21.0 Å². The molecule has 0 unspecified atom stereocenters. The topological polar surface area (TPSA) is 118 Å². The first-order valence-electron chi connectivity index (χ1n) is 11.7. The van der Waals surface area contributed by atoms with Crippen molar-refractivity contribution >= 4 is 23.5 Å². The second-order valence-electron chi connectivity index (χ2n) is 9.90. The van der Waals surface area contributed by atoms with E-state index in [1.165, 1.54) is 0 Å². The molecule has 2 bridgehead atoms. The number of carbonyl (C=O) groups is 1. The number of fused-ring (bicyclic) bond motifs is 1. The molecule has 4 fully saturated rings. The number of halogens is 1. The SMILES string of the molecule is COCc1cn2c(Nc3cc([C@@H]4CC[C@H](OC(=O)NC56CC(C5)C6)[C@@H]4F)[nH]n3)nc(C)cc2n1. The number of hydrogen-bond donors (Lipinski definition) is 3. The van der Waals surface area contributed by atoms with E-state index in [1.54, 1.807) is 13.2 Å². The van der Waals surface area contributed by atoms with Gasteiger partial charge >= 0.3 is 6.09 Å². The maximum atomic E-state index is 15.2. The summed E-state index contributed by atoms with van der Waals surface area (Å²) in [6.07, 6.45) is 3.43. The van der Waals surface area contributed by atoms with E-state index in [0.717, 1.165) is 42.2 Å². The van der Waals surface area contributed by atoms with Crippen LogP contribution in [0.1, 0.15) is 55.1 Å². The minimum absolute atomic E-state index is 0.0790. The minimum atomic E-state index is -1.29. The maximum absolute atomic E-state index is 15.2. The molecule has 3 aromatic rings. The van der Waals surface area contributed by atoms with Crippen LogP contribution in [0.3, 0.4) is 0 Å². The lowest BCUT2D eigenvalue weighted by Crippen LogP contribution is -2.68. The number of carbonyl (C=O) groups excluding carboxylic acids is 1. The van der Waals surface area contributed by atoms with Crippen LogP contribution >= 0.6 is 0 Å². The quantitative estimate of drug-likeness (QED) is 0.485. The van der Waals surface area contributed by atoms with E-state index in [4.69, 9.17) is 9.47 Å². The molecular formula is C23H28FN7O3. The van der Waals surface area contributed by atoms with E-state index in [1.807, 2.05) is 23.6 Å². The number of rotatable bonds is 7. The average molecular weight is 470 g/mol. The zero-order valence-corrected chi connectivity index (χ0v) is 19.2. The summed E-state index contributed by atoms with van der Waals surface area (Å²) in [6, 6.07) is 3.67. The molecule has 4 saturated carbocycles. The lowest BCUT2D eigenvalue weighted by atomic mass is 9.50. The summed E-state index contributed by atoms with van der Waals surface area (Å²) in [6.45, 7) is 2.29. The summed E-state index contributed by atoms with van der Waals surface area (Å²) in [4.78, 5) is 21.4. The molecule has 11 heteroatoms. The van der Waals surface area contributed by atoms with Gasteiger partial charge in [-0.1, -0.05) is 0 Å². The standard InChI is InChI=1S/C23H28FN7O3/c1-12-5-19-26-14(11-33-2)10-31(19)21(25-12)27-18-6-16(29-30-18)15-3-4-17(20(15)24)34-22(32)28-23-7-13(8-23)9-23/h5-6,10,13,15,17,20H,3-4,7-9,11H2,1-2H3,(H,28,32)(H2,25,27,29,30)/t13?,15-,17-,20+,23?/m0/s1. The first kappa shape index (κ1) is 21.3. The Labute approximate surface area is 195 Å². The Hall–Kier alpha value is -3.21. The number of hydrogen-bond acceptors (Lipinski definition) is 7. The van der Waals surface area contributed by atoms with E-state index < -0.39 is 24.3 Å². The summed E-state index contributed by atoms with van der Waals surface area (Å²) in [5, 5.41) is 13.4. The molecule has 3 atom stereocenters. The van der Waals surface area contributed by atoms with Crippen LogP contribution in [0.25, 0.3) is 5.65 Å². The van der Waals surface area contributed by atoms with Gasteiger partial charge < -0.3 is 20.1 Å². The number of alkyl carbamates (subject to hydrolysis) is 1. The molecule has 0 radical (unpaired) electrons. The molecule has 0 aromatic carbocycles. The predicted molar refractivity (Wildman–Crippen MR) is 121 cm³/mol. The van der Waals surface area contributed by atoms with Crippen molar-refractivity contribution in [1.82, 2.24) is 29.9 Å². The van der Waals surface area contributed by atoms with Gasteiger partial charge in [0.1, 0.15) is 17.9 Å². The molecule has 3 N–H and O–H groups in total. The van der Waals surface area contributed by atoms with Crippen LogP contribution in [0.15, 0.2) is 18.3 Å². The van der Waals surface area contributed by atoms with E-state index >= 15 is 4.39 Å². The number of aryl methyl sites for hydroxylation is 1. The third-order valence-corrected chi connectivity index (χ3v) is 7.33. The molecule has 3 heterocycles. The zero-order chi connectivity index (χ0) is 23.4. The molecular weight excluding hydrogens is 441 g/mol. The summed E-state index contributed by atoms with van der Waals surface area (Å²) in [5.41, 5.74) is 2.92. The fraction of sp³-hybridized carbons (Fsp3) is 0.565. The Balaban J connectivity index is 1.12. The maximum Gasteiger partial charge on any atom is 0.407 e. The smallest absolute Gasteiger partial charge is 0.407 e. The number of methoxy groups -OCH3 is 1. The fourth-order valence-electron chi connectivity index (χ4n) is 5.55. The molecule has 0 spiro atoms. The molecule has 7 rings (SSSR count). The molecule has 180 valence electrons. The van der Waals surface area contributed by atoms with Crippen molar-refractivity contribution in [2.24, 2.45) is 5.92 Å². The number of anilines is 2. The van der Waals surface area contributed by atoms with E-state index in [0.29, 0.717) is 36.9 Å². The molecule has 1 amide bonds. The summed E-state index contributed by atoms with van der Waals surface area (Å²) >= 11 is 0. The van der Waals surface area contributed by atoms with Crippen LogP contribution in [-0.4, -0.2) is 55.6 Å². The summed E-state index contributed by atoms with van der Waals surface area (Å²) < 4.78 is 27.7. The minimum Gasteiger partial charge on any atom is -0.443 e. The molecule has 3 aromatic heterocycles. The highest BCUT2D eigenvalue weighted by atomic mass is 19.1. The molecule has 0 aliphatic heterocycles. The summed E-state index contributed by atoms with van der Waals surface area (Å²) in [7, 11) is 1.62. The van der Waals surface area contributed by atoms with E-state index in [9.17, 15) is 4.79 Å². The Morgan fingerprint density at radius 3 is 2.85 bits per heavy atom. The lowest BCUT2D eigenvalue weighted by molar-refractivity contribution is -0.0532. The van der Waals surface area contributed by atoms with Gasteiger partial charge in [-0.25, -0.2) is 19.2 Å². The Morgan fingerprint density at radius 2 is 2.12 bits per heavy atom. The first-order valence-corrected chi connectivity index (χ1v) is 11.7. The third-order valence-electron chi connectivity index (χ3n) is 7.33. The Morgan fingerprint density at radius 1 is 1.29 bits per heavy atom. The van der Waals surface area contributed by atoms with Crippen molar-refractivity contribution in [2.45, 2.75) is 69.4 Å². The second-order valence-corrected chi connectivity index (χ2v) is 9.90. The number of nitrogens with one attached hydrogen (secondary N) is 3. The zero-order valence-electron chi connectivity index (χ0n) is 19.2. The number of imidazole rings is 1. The predicted octanol–water partition coefficient (Wildman–Crippen LogP) is 3.51. The third kappa shape index (κ3) is 3.67. The van der Waals surface area contributed by atoms with Crippen molar-refractivity contribution in [3.63, 3.8) is 0 Å². The number of ether oxygens (including phenoxy) is 2. The highest BCUT2D eigenvalue weighted by Crippen LogP contribution is 2.57. The van der Waals surface area contributed by atoms with Gasteiger partial charge in [0.05, 0.1) is 12.3 Å². The fourth-order valence-corrected chi connectivity index (χ4v) is 5.55. The normalized spacial score (nSPS) is 29.5. The monoisotopic (exact) mass is 469 g/mol. The first-order chi connectivity index (χ1) is 16.4. The largest absolute Gasteiger partial charge is 0.443 e. The van der Waals surface area contributed by atoms with Crippen LogP contribution in [0, 0.1) is 12.8 Å². The van der Waals surface area contributed by atoms with E-state index in [2.05, 4.69) is 30.8 Å². The van der Waals surface area contributed by atoms with Gasteiger partial charge in [0.15, 0.2) is 5.82 Å². The van der Waals surface area contributed by atoms with Gasteiger partial charge in [0.25, 0.3) is 0 Å². The number of alkyl halides is 1. The van der Waals surface area contributed by atoms with Crippen LogP contribution in [0.2, 0.25) is 0 Å².